The Kier molecular flexibility index (Phi) is 4.64. The molecule has 2 saturated heterocycles. The Hall–Kier alpha value is -2.40. The van der Waals surface area contributed by atoms with Gasteiger partial charge in [-0.15, -0.1) is 6.58 Å². The van der Waals surface area contributed by atoms with E-state index >= 15 is 0 Å². The van der Waals surface area contributed by atoms with E-state index in [2.05, 4.69) is 21.4 Å². The third kappa shape index (κ3) is 3.07. The largest absolute Gasteiger partial charge is 0.472 e. The molecule has 0 radical (unpaired) electrons. The van der Waals surface area contributed by atoms with Gasteiger partial charge in [0.25, 0.3) is 0 Å². The Balaban J connectivity index is 1.51. The summed E-state index contributed by atoms with van der Waals surface area (Å²) in [6.45, 7) is 7.39. The van der Waals surface area contributed by atoms with Gasteiger partial charge in [0, 0.05) is 49.7 Å². The third-order valence-corrected chi connectivity index (χ3v) is 5.89. The predicted octanol–water partition coefficient (Wildman–Crippen LogP) is 3.21. The fraction of sp³-hybridized carbons (Fsp3) is 0.429. The minimum absolute atomic E-state index is 0.0569. The van der Waals surface area contributed by atoms with Crippen molar-refractivity contribution in [2.45, 2.75) is 37.3 Å². The average molecular weight is 351 g/mol. The highest BCUT2D eigenvalue weighted by molar-refractivity contribution is 5.87. The van der Waals surface area contributed by atoms with Gasteiger partial charge in [-0.3, -0.25) is 14.7 Å². The van der Waals surface area contributed by atoms with Crippen LogP contribution in [-0.4, -0.2) is 45.9 Å². The van der Waals surface area contributed by atoms with Crippen molar-refractivity contribution in [1.82, 2.24) is 14.8 Å². The molecule has 2 aromatic rings. The van der Waals surface area contributed by atoms with Crippen molar-refractivity contribution < 1.29 is 9.21 Å². The number of pyridine rings is 1. The molecule has 0 N–H and O–H groups in total. The zero-order valence-corrected chi connectivity index (χ0v) is 15.0. The van der Waals surface area contributed by atoms with Crippen molar-refractivity contribution in [2.75, 3.05) is 19.6 Å². The van der Waals surface area contributed by atoms with E-state index < -0.39 is 0 Å². The maximum absolute atomic E-state index is 13.1. The minimum atomic E-state index is -0.0796. The molecule has 0 unspecified atom stereocenters. The summed E-state index contributed by atoms with van der Waals surface area (Å²) in [4.78, 5) is 21.9. The van der Waals surface area contributed by atoms with Crippen molar-refractivity contribution in [3.05, 3.63) is 66.9 Å². The first-order valence-corrected chi connectivity index (χ1v) is 9.28. The van der Waals surface area contributed by atoms with Crippen LogP contribution in [0.15, 0.2) is 60.2 Å². The van der Waals surface area contributed by atoms with Gasteiger partial charge in [-0.1, -0.05) is 12.1 Å². The molecule has 5 heteroatoms. The first-order chi connectivity index (χ1) is 12.7. The second-order valence-electron chi connectivity index (χ2n) is 7.41. The molecule has 136 valence electrons. The summed E-state index contributed by atoms with van der Waals surface area (Å²) < 4.78 is 5.18. The van der Waals surface area contributed by atoms with Crippen LogP contribution in [0.25, 0.3) is 0 Å². The molecule has 0 saturated carbocycles. The van der Waals surface area contributed by atoms with E-state index in [-0.39, 0.29) is 17.4 Å². The predicted molar refractivity (Wildman–Crippen MR) is 99.5 cm³/mol. The number of carbonyl (C=O) groups is 1. The highest BCUT2D eigenvalue weighted by atomic mass is 16.3. The summed E-state index contributed by atoms with van der Waals surface area (Å²) in [5.41, 5.74) is 2.18. The lowest BCUT2D eigenvalue weighted by atomic mass is 9.81. The van der Waals surface area contributed by atoms with Gasteiger partial charge in [0.15, 0.2) is 0 Å². The van der Waals surface area contributed by atoms with Gasteiger partial charge < -0.3 is 9.32 Å². The average Bonchev–Trinajstić information content (AvgIpc) is 3.27. The summed E-state index contributed by atoms with van der Waals surface area (Å²) in [5, 5.41) is 0. The number of nitrogens with zero attached hydrogens (tertiary/aromatic N) is 3. The molecule has 0 bridgehead atoms. The number of hydrogen-bond donors (Lipinski definition) is 0. The normalized spacial score (nSPS) is 22.8. The molecular weight excluding hydrogens is 326 g/mol. The first kappa shape index (κ1) is 17.0. The summed E-state index contributed by atoms with van der Waals surface area (Å²) in [6, 6.07) is 5.96. The second kappa shape index (κ2) is 7.08. The van der Waals surface area contributed by atoms with Crippen molar-refractivity contribution in [2.24, 2.45) is 0 Å². The zero-order valence-electron chi connectivity index (χ0n) is 15.0. The van der Waals surface area contributed by atoms with Crippen LogP contribution in [0.1, 0.15) is 36.3 Å². The van der Waals surface area contributed by atoms with Crippen molar-refractivity contribution in [3.8, 4) is 0 Å². The first-order valence-electron chi connectivity index (χ1n) is 9.28. The van der Waals surface area contributed by atoms with Gasteiger partial charge in [-0.05, 0) is 37.0 Å². The lowest BCUT2D eigenvalue weighted by Gasteiger charge is -2.44. The molecule has 4 heterocycles. The van der Waals surface area contributed by atoms with Crippen LogP contribution >= 0.6 is 0 Å². The lowest BCUT2D eigenvalue weighted by Crippen LogP contribution is -2.52. The van der Waals surface area contributed by atoms with Crippen molar-refractivity contribution in [1.29, 1.82) is 0 Å². The summed E-state index contributed by atoms with van der Waals surface area (Å²) >= 11 is 0. The smallest absolute Gasteiger partial charge is 0.231 e. The van der Waals surface area contributed by atoms with E-state index in [4.69, 9.17) is 4.42 Å². The number of rotatable bonds is 5. The highest BCUT2D eigenvalue weighted by Gasteiger charge is 2.51. The SMILES string of the molecule is C=CCN1C(=O)[C@@H](c2cccnc2)CC12CCN(Cc1ccoc1)CC2. The Morgan fingerprint density at radius 1 is 1.35 bits per heavy atom. The number of piperidine rings is 1. The molecule has 0 aromatic carbocycles. The fourth-order valence-corrected chi connectivity index (χ4v) is 4.50. The van der Waals surface area contributed by atoms with E-state index in [9.17, 15) is 4.79 Å². The molecule has 1 spiro atoms. The number of aromatic nitrogens is 1. The summed E-state index contributed by atoms with van der Waals surface area (Å²) in [7, 11) is 0. The van der Waals surface area contributed by atoms with Gasteiger partial charge in [0.1, 0.15) is 0 Å². The van der Waals surface area contributed by atoms with E-state index in [1.807, 2.05) is 36.7 Å². The van der Waals surface area contributed by atoms with Gasteiger partial charge in [0.2, 0.25) is 5.91 Å². The molecule has 4 rings (SSSR count). The quantitative estimate of drug-likeness (QED) is 0.776. The van der Waals surface area contributed by atoms with Crippen LogP contribution in [0.2, 0.25) is 0 Å². The number of amides is 1. The van der Waals surface area contributed by atoms with Gasteiger partial charge >= 0.3 is 0 Å². The molecule has 26 heavy (non-hydrogen) atoms. The van der Waals surface area contributed by atoms with Crippen LogP contribution in [0, 0.1) is 0 Å². The van der Waals surface area contributed by atoms with Crippen LogP contribution in [0.5, 0.6) is 0 Å². The van der Waals surface area contributed by atoms with E-state index in [1.54, 1.807) is 12.5 Å². The standard InChI is InChI=1S/C21H25N3O2/c1-2-9-24-20(25)19(18-4-3-8-22-14-18)13-21(24)6-10-23(11-7-21)15-17-5-12-26-16-17/h2-5,8,12,14,16,19H,1,6-7,9-11,13,15H2/t19-/m1/s1. The Morgan fingerprint density at radius 3 is 2.85 bits per heavy atom. The van der Waals surface area contributed by atoms with Crippen LogP contribution < -0.4 is 0 Å². The van der Waals surface area contributed by atoms with Gasteiger partial charge in [0.05, 0.1) is 18.4 Å². The van der Waals surface area contributed by atoms with Crippen LogP contribution in [-0.2, 0) is 11.3 Å². The summed E-state index contributed by atoms with van der Waals surface area (Å²) in [6.07, 6.45) is 11.9. The molecule has 2 aliphatic heterocycles. The maximum atomic E-state index is 13.1. The van der Waals surface area contributed by atoms with E-state index in [1.165, 1.54) is 5.56 Å². The third-order valence-electron chi connectivity index (χ3n) is 5.89. The van der Waals surface area contributed by atoms with Crippen LogP contribution in [0.3, 0.4) is 0 Å². The molecule has 0 aliphatic carbocycles. The molecule has 2 fully saturated rings. The molecule has 2 aromatic heterocycles. The lowest BCUT2D eigenvalue weighted by molar-refractivity contribution is -0.132. The molecule has 1 amide bonds. The van der Waals surface area contributed by atoms with Crippen molar-refractivity contribution in [3.63, 3.8) is 0 Å². The summed E-state index contributed by atoms with van der Waals surface area (Å²) in [5.74, 6) is 0.144. The number of likely N-dealkylation sites (tertiary alicyclic amines) is 2. The number of hydrogen-bond acceptors (Lipinski definition) is 4. The number of furan rings is 1. The zero-order chi connectivity index (χ0) is 18.0. The Bertz CT molecular complexity index is 749. The number of carbonyl (C=O) groups excluding carboxylic acids is 1. The minimum Gasteiger partial charge on any atom is -0.472 e. The second-order valence-corrected chi connectivity index (χ2v) is 7.41. The van der Waals surface area contributed by atoms with E-state index in [0.717, 1.165) is 44.5 Å². The molecule has 2 aliphatic rings. The van der Waals surface area contributed by atoms with Crippen molar-refractivity contribution >= 4 is 5.91 Å². The Labute approximate surface area is 154 Å². The maximum Gasteiger partial charge on any atom is 0.231 e. The topological polar surface area (TPSA) is 49.6 Å². The van der Waals surface area contributed by atoms with Gasteiger partial charge in [-0.2, -0.15) is 0 Å². The molecular formula is C21H25N3O2. The molecule has 5 nitrogen and oxygen atoms in total. The Morgan fingerprint density at radius 2 is 2.19 bits per heavy atom. The molecule has 1 atom stereocenters. The fourth-order valence-electron chi connectivity index (χ4n) is 4.50. The highest BCUT2D eigenvalue weighted by Crippen LogP contribution is 2.45. The van der Waals surface area contributed by atoms with E-state index in [0.29, 0.717) is 6.54 Å². The van der Waals surface area contributed by atoms with Crippen LogP contribution in [0.4, 0.5) is 0 Å². The monoisotopic (exact) mass is 351 g/mol. The van der Waals surface area contributed by atoms with Gasteiger partial charge in [-0.25, -0.2) is 0 Å².